The number of halogens is 1. The monoisotopic (exact) mass is 306 g/mol. The Morgan fingerprint density at radius 2 is 1.43 bits per heavy atom. The Morgan fingerprint density at radius 3 is 1.90 bits per heavy atom. The fourth-order valence-corrected chi connectivity index (χ4v) is 2.49. The van der Waals surface area contributed by atoms with E-state index in [-0.39, 0.29) is 5.38 Å². The number of ether oxygens (including phenoxy) is 3. The van der Waals surface area contributed by atoms with Crippen LogP contribution in [0, 0.1) is 6.92 Å². The van der Waals surface area contributed by atoms with Crippen LogP contribution in [-0.2, 0) is 0 Å². The quantitative estimate of drug-likeness (QED) is 0.769. The molecule has 0 aliphatic carbocycles. The molecule has 0 aliphatic heterocycles. The molecule has 2 aromatic carbocycles. The molecule has 0 bridgehead atoms. The lowest BCUT2D eigenvalue weighted by Gasteiger charge is -2.15. The Kier molecular flexibility index (Phi) is 4.97. The summed E-state index contributed by atoms with van der Waals surface area (Å²) >= 11 is 6.61. The van der Waals surface area contributed by atoms with E-state index in [2.05, 4.69) is 0 Å². The Bertz CT molecular complexity index is 603. The minimum absolute atomic E-state index is 0.279. The van der Waals surface area contributed by atoms with Crippen LogP contribution in [0.5, 0.6) is 17.2 Å². The molecular weight excluding hydrogens is 288 g/mol. The van der Waals surface area contributed by atoms with E-state index < -0.39 is 0 Å². The van der Waals surface area contributed by atoms with E-state index in [1.807, 2.05) is 43.3 Å². The molecule has 2 rings (SSSR count). The minimum atomic E-state index is -0.279. The number of alkyl halides is 1. The van der Waals surface area contributed by atoms with Crippen molar-refractivity contribution in [2.45, 2.75) is 12.3 Å². The van der Waals surface area contributed by atoms with Crippen molar-refractivity contribution < 1.29 is 14.2 Å². The number of methoxy groups -OCH3 is 3. The molecule has 4 heteroatoms. The molecule has 0 radical (unpaired) electrons. The molecule has 0 aromatic heterocycles. The van der Waals surface area contributed by atoms with Gasteiger partial charge < -0.3 is 14.2 Å². The van der Waals surface area contributed by atoms with Gasteiger partial charge in [-0.25, -0.2) is 0 Å². The van der Waals surface area contributed by atoms with Crippen molar-refractivity contribution in [3.05, 3.63) is 53.1 Å². The van der Waals surface area contributed by atoms with Crippen LogP contribution < -0.4 is 14.2 Å². The van der Waals surface area contributed by atoms with Crippen molar-refractivity contribution in [1.82, 2.24) is 0 Å². The Hall–Kier alpha value is -1.87. The van der Waals surface area contributed by atoms with E-state index in [0.717, 1.165) is 33.9 Å². The van der Waals surface area contributed by atoms with Gasteiger partial charge in [0.2, 0.25) is 0 Å². The maximum atomic E-state index is 6.61. The Balaban J connectivity index is 2.39. The normalized spacial score (nSPS) is 11.9. The third kappa shape index (κ3) is 3.42. The third-order valence-electron chi connectivity index (χ3n) is 3.38. The summed E-state index contributed by atoms with van der Waals surface area (Å²) in [5.41, 5.74) is 2.98. The first kappa shape index (κ1) is 15.5. The molecular formula is C17H19ClO3. The third-order valence-corrected chi connectivity index (χ3v) is 3.88. The van der Waals surface area contributed by atoms with Crippen LogP contribution in [0.4, 0.5) is 0 Å². The van der Waals surface area contributed by atoms with Gasteiger partial charge in [-0.1, -0.05) is 12.1 Å². The van der Waals surface area contributed by atoms with Gasteiger partial charge in [-0.05, 0) is 41.8 Å². The van der Waals surface area contributed by atoms with Gasteiger partial charge in [0.15, 0.2) is 0 Å². The number of rotatable bonds is 5. The molecule has 0 heterocycles. The molecule has 1 unspecified atom stereocenters. The maximum absolute atomic E-state index is 6.61. The Labute approximate surface area is 130 Å². The molecule has 3 nitrogen and oxygen atoms in total. The summed E-state index contributed by atoms with van der Waals surface area (Å²) < 4.78 is 15.8. The molecule has 0 aliphatic rings. The first-order valence-corrected chi connectivity index (χ1v) is 7.04. The molecule has 0 saturated carbocycles. The molecule has 0 saturated heterocycles. The van der Waals surface area contributed by atoms with E-state index in [1.54, 1.807) is 21.3 Å². The van der Waals surface area contributed by atoms with Crippen LogP contribution >= 0.6 is 11.6 Å². The summed E-state index contributed by atoms with van der Waals surface area (Å²) in [4.78, 5) is 0. The van der Waals surface area contributed by atoms with Gasteiger partial charge in [-0.15, -0.1) is 11.6 Å². The van der Waals surface area contributed by atoms with Gasteiger partial charge in [0.1, 0.15) is 17.2 Å². The predicted molar refractivity (Wildman–Crippen MR) is 85.0 cm³/mol. The van der Waals surface area contributed by atoms with Gasteiger partial charge in [-0.3, -0.25) is 0 Å². The highest BCUT2D eigenvalue weighted by Gasteiger charge is 2.14. The highest BCUT2D eigenvalue weighted by atomic mass is 35.5. The zero-order chi connectivity index (χ0) is 15.4. The molecule has 0 spiro atoms. The predicted octanol–water partition coefficient (Wildman–Crippen LogP) is 4.35. The number of benzene rings is 2. The molecule has 0 fully saturated rings. The summed E-state index contributed by atoms with van der Waals surface area (Å²) in [7, 11) is 4.91. The Morgan fingerprint density at radius 1 is 0.810 bits per heavy atom. The second-order valence-electron chi connectivity index (χ2n) is 4.74. The van der Waals surface area contributed by atoms with Crippen LogP contribution in [0.3, 0.4) is 0 Å². The van der Waals surface area contributed by atoms with Gasteiger partial charge in [0.25, 0.3) is 0 Å². The number of hydrogen-bond acceptors (Lipinski definition) is 3. The number of aryl methyl sites for hydroxylation is 1. The fourth-order valence-electron chi connectivity index (χ4n) is 2.23. The molecule has 1 atom stereocenters. The first-order chi connectivity index (χ1) is 10.1. The lowest BCUT2D eigenvalue weighted by atomic mass is 10.0. The van der Waals surface area contributed by atoms with Crippen LogP contribution in [0.1, 0.15) is 22.1 Å². The highest BCUT2D eigenvalue weighted by molar-refractivity contribution is 6.22. The van der Waals surface area contributed by atoms with E-state index in [1.165, 1.54) is 0 Å². The smallest absolute Gasteiger partial charge is 0.122 e. The molecule has 0 amide bonds. The van der Waals surface area contributed by atoms with E-state index in [4.69, 9.17) is 25.8 Å². The first-order valence-electron chi connectivity index (χ1n) is 6.60. The van der Waals surface area contributed by atoms with Gasteiger partial charge in [0.05, 0.1) is 26.7 Å². The molecule has 21 heavy (non-hydrogen) atoms. The molecule has 112 valence electrons. The second kappa shape index (κ2) is 6.72. The van der Waals surface area contributed by atoms with Crippen LogP contribution in [0.25, 0.3) is 0 Å². The summed E-state index contributed by atoms with van der Waals surface area (Å²) in [5.74, 6) is 2.30. The molecule has 0 N–H and O–H groups in total. The number of hydrogen-bond donors (Lipinski definition) is 0. The van der Waals surface area contributed by atoms with E-state index >= 15 is 0 Å². The zero-order valence-electron chi connectivity index (χ0n) is 12.6. The topological polar surface area (TPSA) is 27.7 Å². The highest BCUT2D eigenvalue weighted by Crippen LogP contribution is 2.35. The summed E-state index contributed by atoms with van der Waals surface area (Å²) in [6.45, 7) is 2.00. The summed E-state index contributed by atoms with van der Waals surface area (Å²) in [6.07, 6.45) is 0. The standard InChI is InChI=1S/C17H19ClO3/c1-11-7-12(5-6-16(11)21-4)17(18)13-8-14(19-2)10-15(9-13)20-3/h5-10,17H,1-4H3. The van der Waals surface area contributed by atoms with E-state index in [9.17, 15) is 0 Å². The molecule has 2 aromatic rings. The largest absolute Gasteiger partial charge is 0.497 e. The zero-order valence-corrected chi connectivity index (χ0v) is 13.4. The van der Waals surface area contributed by atoms with Crippen molar-refractivity contribution in [3.63, 3.8) is 0 Å². The SMILES string of the molecule is COc1cc(OC)cc(C(Cl)c2ccc(OC)c(C)c2)c1. The maximum Gasteiger partial charge on any atom is 0.122 e. The van der Waals surface area contributed by atoms with Crippen LogP contribution in [0.15, 0.2) is 36.4 Å². The van der Waals surface area contributed by atoms with E-state index in [0.29, 0.717) is 0 Å². The van der Waals surface area contributed by atoms with Crippen molar-refractivity contribution in [2.75, 3.05) is 21.3 Å². The lowest BCUT2D eigenvalue weighted by molar-refractivity contribution is 0.393. The van der Waals surface area contributed by atoms with Crippen LogP contribution in [0.2, 0.25) is 0 Å². The van der Waals surface area contributed by atoms with Gasteiger partial charge >= 0.3 is 0 Å². The fraction of sp³-hybridized carbons (Fsp3) is 0.294. The average Bonchev–Trinajstić information content (AvgIpc) is 2.53. The lowest BCUT2D eigenvalue weighted by Crippen LogP contribution is -1.97. The van der Waals surface area contributed by atoms with Crippen molar-refractivity contribution in [3.8, 4) is 17.2 Å². The summed E-state index contributed by atoms with van der Waals surface area (Å²) in [5, 5.41) is -0.279. The van der Waals surface area contributed by atoms with Crippen molar-refractivity contribution in [2.24, 2.45) is 0 Å². The summed E-state index contributed by atoms with van der Waals surface area (Å²) in [6, 6.07) is 11.6. The minimum Gasteiger partial charge on any atom is -0.497 e. The van der Waals surface area contributed by atoms with Crippen LogP contribution in [-0.4, -0.2) is 21.3 Å². The second-order valence-corrected chi connectivity index (χ2v) is 5.17. The van der Waals surface area contributed by atoms with Crippen molar-refractivity contribution in [1.29, 1.82) is 0 Å². The average molecular weight is 307 g/mol. The van der Waals surface area contributed by atoms with Gasteiger partial charge in [0, 0.05) is 6.07 Å². The van der Waals surface area contributed by atoms with Gasteiger partial charge in [-0.2, -0.15) is 0 Å². The van der Waals surface area contributed by atoms with Crippen molar-refractivity contribution >= 4 is 11.6 Å².